The van der Waals surface area contributed by atoms with Crippen LogP contribution < -0.4 is 5.32 Å². The van der Waals surface area contributed by atoms with Crippen LogP contribution in [-0.2, 0) is 6.42 Å². The maximum Gasteiger partial charge on any atom is 0.0583 e. The molecule has 0 amide bonds. The molecule has 2 fully saturated rings. The van der Waals surface area contributed by atoms with Gasteiger partial charge in [-0.25, -0.2) is 0 Å². The summed E-state index contributed by atoms with van der Waals surface area (Å²) in [6.07, 6.45) is 6.80. The minimum absolute atomic E-state index is 0.158. The molecule has 2 aromatic rings. The van der Waals surface area contributed by atoms with Gasteiger partial charge in [-0.2, -0.15) is 0 Å². The first kappa shape index (κ1) is 24.3. The van der Waals surface area contributed by atoms with E-state index in [0.717, 1.165) is 38.4 Å². The van der Waals surface area contributed by atoms with Gasteiger partial charge in [-0.1, -0.05) is 32.0 Å². The van der Waals surface area contributed by atoms with Crippen LogP contribution in [0.1, 0.15) is 70.2 Å². The number of piperidine rings is 1. The van der Waals surface area contributed by atoms with Gasteiger partial charge in [-0.15, -0.1) is 0 Å². The second-order valence-corrected chi connectivity index (χ2v) is 11.3. The van der Waals surface area contributed by atoms with Crippen LogP contribution in [0.2, 0.25) is 0 Å². The largest absolute Gasteiger partial charge is 0.393 e. The molecule has 2 aliphatic heterocycles. The first-order valence-corrected chi connectivity index (χ1v) is 14.1. The number of benzene rings is 1. The molecule has 188 valence electrons. The smallest absolute Gasteiger partial charge is 0.0583 e. The van der Waals surface area contributed by atoms with E-state index in [4.69, 9.17) is 0 Å². The lowest BCUT2D eigenvalue weighted by Gasteiger charge is -2.52. The number of aliphatic hydroxyl groups is 1. The molecule has 5 heteroatoms. The number of nitrogens with one attached hydrogen (secondary N) is 2. The minimum Gasteiger partial charge on any atom is -0.393 e. The third-order valence-corrected chi connectivity index (χ3v) is 9.42. The SMILES string of the molecule is CCN(CC)CCC[C@H](C)NC[C@@H]1[C@H]2C[C@@H]3c4[nH]c5ccccc5c4CCN3C[C@@H]2CC[C@H]1O. The molecule has 1 aromatic carbocycles. The highest BCUT2D eigenvalue weighted by Gasteiger charge is 2.46. The molecule has 0 bridgehead atoms. The Morgan fingerprint density at radius 1 is 1.21 bits per heavy atom. The monoisotopic (exact) mass is 466 g/mol. The van der Waals surface area contributed by atoms with E-state index in [0.29, 0.717) is 23.9 Å². The summed E-state index contributed by atoms with van der Waals surface area (Å²) in [5.41, 5.74) is 4.29. The fourth-order valence-corrected chi connectivity index (χ4v) is 7.34. The zero-order valence-corrected chi connectivity index (χ0v) is 21.6. The third kappa shape index (κ3) is 4.82. The molecule has 5 rings (SSSR count). The molecule has 0 radical (unpaired) electrons. The lowest BCUT2D eigenvalue weighted by atomic mass is 9.65. The van der Waals surface area contributed by atoms with E-state index in [9.17, 15) is 5.11 Å². The summed E-state index contributed by atoms with van der Waals surface area (Å²) >= 11 is 0. The van der Waals surface area contributed by atoms with Crippen molar-refractivity contribution in [1.29, 1.82) is 0 Å². The first-order valence-electron chi connectivity index (χ1n) is 14.1. The van der Waals surface area contributed by atoms with E-state index in [-0.39, 0.29) is 6.10 Å². The van der Waals surface area contributed by atoms with Crippen LogP contribution >= 0.6 is 0 Å². The number of aliphatic hydroxyl groups excluding tert-OH is 1. The van der Waals surface area contributed by atoms with Crippen molar-refractivity contribution in [2.75, 3.05) is 39.3 Å². The average Bonchev–Trinajstić information content (AvgIpc) is 3.24. The number of H-pyrrole nitrogens is 1. The second-order valence-electron chi connectivity index (χ2n) is 11.3. The van der Waals surface area contributed by atoms with Gasteiger partial charge in [0.15, 0.2) is 0 Å². The highest BCUT2D eigenvalue weighted by atomic mass is 16.3. The molecular weight excluding hydrogens is 420 g/mol. The predicted octanol–water partition coefficient (Wildman–Crippen LogP) is 4.57. The summed E-state index contributed by atoms with van der Waals surface area (Å²) in [6.45, 7) is 13.7. The predicted molar refractivity (Wildman–Crippen MR) is 141 cm³/mol. The Kier molecular flexibility index (Phi) is 7.64. The van der Waals surface area contributed by atoms with Crippen LogP contribution in [0.15, 0.2) is 24.3 Å². The van der Waals surface area contributed by atoms with Crippen LogP contribution in [0.5, 0.6) is 0 Å². The van der Waals surface area contributed by atoms with E-state index < -0.39 is 0 Å². The van der Waals surface area contributed by atoms with Crippen molar-refractivity contribution >= 4 is 10.9 Å². The Balaban J connectivity index is 1.24. The summed E-state index contributed by atoms with van der Waals surface area (Å²) in [5, 5.41) is 16.3. The van der Waals surface area contributed by atoms with Gasteiger partial charge in [0.05, 0.1) is 12.1 Å². The van der Waals surface area contributed by atoms with Crippen molar-refractivity contribution in [2.45, 2.75) is 77.5 Å². The molecular formula is C29H46N4O. The average molecular weight is 467 g/mol. The van der Waals surface area contributed by atoms with Gasteiger partial charge in [0.2, 0.25) is 0 Å². The maximum atomic E-state index is 11.1. The van der Waals surface area contributed by atoms with E-state index in [1.54, 1.807) is 5.56 Å². The van der Waals surface area contributed by atoms with E-state index in [2.05, 4.69) is 65.1 Å². The van der Waals surface area contributed by atoms with Crippen LogP contribution in [0, 0.1) is 17.8 Å². The molecule has 3 N–H and O–H groups in total. The van der Waals surface area contributed by atoms with Crippen molar-refractivity contribution in [3.05, 3.63) is 35.5 Å². The molecule has 3 heterocycles. The van der Waals surface area contributed by atoms with Crippen molar-refractivity contribution in [3.63, 3.8) is 0 Å². The number of nitrogens with zero attached hydrogens (tertiary/aromatic N) is 2. The summed E-state index contributed by atoms with van der Waals surface area (Å²) in [7, 11) is 0. The maximum absolute atomic E-state index is 11.1. The van der Waals surface area contributed by atoms with Crippen molar-refractivity contribution in [2.24, 2.45) is 17.8 Å². The van der Waals surface area contributed by atoms with Crippen LogP contribution in [0.3, 0.4) is 0 Å². The number of fused-ring (bicyclic) bond motifs is 6. The Hall–Kier alpha value is -1.40. The molecule has 1 saturated heterocycles. The number of aromatic amines is 1. The first-order chi connectivity index (χ1) is 16.6. The molecule has 0 unspecified atom stereocenters. The Morgan fingerprint density at radius 3 is 2.85 bits per heavy atom. The molecule has 3 aliphatic rings. The Labute approximate surface area is 206 Å². The zero-order valence-electron chi connectivity index (χ0n) is 21.6. The molecule has 5 nitrogen and oxygen atoms in total. The number of hydrogen-bond donors (Lipinski definition) is 3. The van der Waals surface area contributed by atoms with Crippen LogP contribution in [0.4, 0.5) is 0 Å². The number of rotatable bonds is 9. The summed E-state index contributed by atoms with van der Waals surface area (Å²) < 4.78 is 0. The highest BCUT2D eigenvalue weighted by molar-refractivity contribution is 5.85. The Morgan fingerprint density at radius 2 is 2.03 bits per heavy atom. The third-order valence-electron chi connectivity index (χ3n) is 9.42. The van der Waals surface area contributed by atoms with Crippen molar-refractivity contribution in [1.82, 2.24) is 20.1 Å². The van der Waals surface area contributed by atoms with Crippen LogP contribution in [0.25, 0.3) is 10.9 Å². The second kappa shape index (κ2) is 10.7. The van der Waals surface area contributed by atoms with Gasteiger partial charge in [0, 0.05) is 48.2 Å². The van der Waals surface area contributed by atoms with E-state index >= 15 is 0 Å². The lowest BCUT2D eigenvalue weighted by molar-refractivity contribution is -0.0556. The topological polar surface area (TPSA) is 54.5 Å². The standard InChI is InChI=1S/C29H46N4O/c1-4-32(5-2)15-8-9-20(3)30-18-25-24-17-27-29-23(22-10-6-7-11-26(22)31-29)14-16-33(27)19-21(24)12-13-28(25)34/h6-7,10-11,20-21,24-25,27-28,30-31,34H,4-5,8-9,12-19H2,1-3H3/t20-,21-,24-,25+,27+,28+/m0/s1. The van der Waals surface area contributed by atoms with Gasteiger partial charge in [0.1, 0.15) is 0 Å². The number of para-hydroxylation sites is 1. The fourth-order valence-electron chi connectivity index (χ4n) is 7.34. The zero-order chi connectivity index (χ0) is 23.7. The van der Waals surface area contributed by atoms with E-state index in [1.165, 1.54) is 61.9 Å². The van der Waals surface area contributed by atoms with Gasteiger partial charge in [-0.05, 0) is 88.5 Å². The molecule has 0 spiro atoms. The molecule has 34 heavy (non-hydrogen) atoms. The number of hydrogen-bond acceptors (Lipinski definition) is 4. The summed E-state index contributed by atoms with van der Waals surface area (Å²) in [6, 6.07) is 9.81. The fraction of sp³-hybridized carbons (Fsp3) is 0.724. The lowest BCUT2D eigenvalue weighted by Crippen LogP contribution is -2.53. The van der Waals surface area contributed by atoms with Gasteiger partial charge >= 0.3 is 0 Å². The molecule has 1 aromatic heterocycles. The highest BCUT2D eigenvalue weighted by Crippen LogP contribution is 2.49. The van der Waals surface area contributed by atoms with Gasteiger partial charge in [-0.3, -0.25) is 4.90 Å². The minimum atomic E-state index is -0.158. The normalized spacial score (nSPS) is 30.2. The molecule has 1 aliphatic carbocycles. The van der Waals surface area contributed by atoms with E-state index in [1.807, 2.05) is 0 Å². The Bertz CT molecular complexity index is 937. The van der Waals surface area contributed by atoms with Crippen LogP contribution in [-0.4, -0.2) is 71.3 Å². The number of aromatic nitrogens is 1. The van der Waals surface area contributed by atoms with Gasteiger partial charge < -0.3 is 20.3 Å². The molecule has 1 saturated carbocycles. The quantitative estimate of drug-likeness (QED) is 0.507. The van der Waals surface area contributed by atoms with Gasteiger partial charge in [0.25, 0.3) is 0 Å². The van der Waals surface area contributed by atoms with Crippen molar-refractivity contribution < 1.29 is 5.11 Å². The van der Waals surface area contributed by atoms with Crippen molar-refractivity contribution in [3.8, 4) is 0 Å². The summed E-state index contributed by atoms with van der Waals surface area (Å²) in [4.78, 5) is 9.06. The molecule has 6 atom stereocenters. The summed E-state index contributed by atoms with van der Waals surface area (Å²) in [5.74, 6) is 1.72.